The molecule has 4 aromatic rings. The van der Waals surface area contributed by atoms with Gasteiger partial charge in [-0.3, -0.25) is 9.52 Å². The van der Waals surface area contributed by atoms with Crippen molar-refractivity contribution in [2.75, 3.05) is 4.72 Å². The van der Waals surface area contributed by atoms with Crippen LogP contribution < -0.4 is 9.52 Å². The third-order valence-corrected chi connectivity index (χ3v) is 7.90. The molecule has 0 spiro atoms. The Hall–Kier alpha value is -3.23. The lowest BCUT2D eigenvalue weighted by Crippen LogP contribution is -2.14. The van der Waals surface area contributed by atoms with E-state index in [-0.39, 0.29) is 10.8 Å². The minimum Gasteiger partial charge on any atom is -0.319 e. The van der Waals surface area contributed by atoms with Gasteiger partial charge in [-0.2, -0.15) is 4.99 Å². The number of hydrogen-bond donors (Lipinski definition) is 1. The summed E-state index contributed by atoms with van der Waals surface area (Å²) in [6, 6.07) is 17.0. The minimum absolute atomic E-state index is 0.182. The van der Waals surface area contributed by atoms with Crippen molar-refractivity contribution in [1.82, 2.24) is 4.57 Å². The number of benzene rings is 3. The Balaban J connectivity index is 1.59. The van der Waals surface area contributed by atoms with E-state index in [2.05, 4.69) is 29.6 Å². The van der Waals surface area contributed by atoms with Gasteiger partial charge in [-0.05, 0) is 74.4 Å². The summed E-state index contributed by atoms with van der Waals surface area (Å²) in [5.41, 5.74) is 5.16. The van der Waals surface area contributed by atoms with Crippen molar-refractivity contribution in [2.24, 2.45) is 12.0 Å². The summed E-state index contributed by atoms with van der Waals surface area (Å²) in [4.78, 5) is 17.8. The lowest BCUT2D eigenvalue weighted by molar-refractivity contribution is 0.0998. The second kappa shape index (κ2) is 8.37. The zero-order valence-electron chi connectivity index (χ0n) is 18.2. The number of carbonyl (C=O) groups is 1. The standard InChI is InChI=1S/C24H23N3O3S2/c1-15-5-12-20(13-6-15)32(29,30)26-19-10-8-18(9-11-19)23(28)25-24-27(4)22-17(3)16(2)7-14-21(22)31-24/h5-14,26H,1-4H3. The van der Waals surface area contributed by atoms with E-state index in [0.29, 0.717) is 16.1 Å². The molecule has 0 aliphatic carbocycles. The highest BCUT2D eigenvalue weighted by Crippen LogP contribution is 2.23. The quantitative estimate of drug-likeness (QED) is 0.474. The van der Waals surface area contributed by atoms with Crippen LogP contribution in [0.1, 0.15) is 27.0 Å². The molecular formula is C24H23N3O3S2. The molecule has 6 nitrogen and oxygen atoms in total. The highest BCUT2D eigenvalue weighted by atomic mass is 32.2. The van der Waals surface area contributed by atoms with Crippen molar-refractivity contribution in [1.29, 1.82) is 0 Å². The molecule has 32 heavy (non-hydrogen) atoms. The van der Waals surface area contributed by atoms with Gasteiger partial charge in [0.15, 0.2) is 4.80 Å². The molecule has 0 bridgehead atoms. The lowest BCUT2D eigenvalue weighted by Gasteiger charge is -2.08. The van der Waals surface area contributed by atoms with Crippen LogP contribution in [-0.2, 0) is 17.1 Å². The maximum atomic E-state index is 12.7. The fourth-order valence-corrected chi connectivity index (χ4v) is 5.53. The predicted molar refractivity (Wildman–Crippen MR) is 129 cm³/mol. The molecule has 0 saturated carbocycles. The van der Waals surface area contributed by atoms with Crippen molar-refractivity contribution < 1.29 is 13.2 Å². The van der Waals surface area contributed by atoms with Gasteiger partial charge in [-0.15, -0.1) is 0 Å². The fraction of sp³-hybridized carbons (Fsp3) is 0.167. The molecule has 0 fully saturated rings. The Bertz CT molecular complexity index is 1500. The van der Waals surface area contributed by atoms with Crippen LogP contribution in [0.5, 0.6) is 0 Å². The Morgan fingerprint density at radius 3 is 2.25 bits per heavy atom. The van der Waals surface area contributed by atoms with Crippen LogP contribution >= 0.6 is 11.3 Å². The van der Waals surface area contributed by atoms with Crippen LogP contribution in [-0.4, -0.2) is 18.9 Å². The van der Waals surface area contributed by atoms with E-state index in [1.54, 1.807) is 48.5 Å². The van der Waals surface area contributed by atoms with E-state index in [0.717, 1.165) is 15.8 Å². The van der Waals surface area contributed by atoms with Crippen molar-refractivity contribution >= 4 is 43.2 Å². The number of anilines is 1. The van der Waals surface area contributed by atoms with Crippen LogP contribution in [0.4, 0.5) is 5.69 Å². The number of aryl methyl sites for hydroxylation is 4. The number of amides is 1. The van der Waals surface area contributed by atoms with Gasteiger partial charge in [0, 0.05) is 18.3 Å². The molecule has 0 radical (unpaired) electrons. The van der Waals surface area contributed by atoms with Gasteiger partial charge in [0.25, 0.3) is 15.9 Å². The largest absolute Gasteiger partial charge is 0.319 e. The Morgan fingerprint density at radius 2 is 1.59 bits per heavy atom. The number of rotatable bonds is 4. The normalized spacial score (nSPS) is 12.3. The van der Waals surface area contributed by atoms with E-state index >= 15 is 0 Å². The molecule has 0 atom stereocenters. The SMILES string of the molecule is Cc1ccc(S(=O)(=O)Nc2ccc(C(=O)N=c3sc4ccc(C)c(C)c4n3C)cc2)cc1. The van der Waals surface area contributed by atoms with E-state index in [9.17, 15) is 13.2 Å². The van der Waals surface area contributed by atoms with E-state index in [4.69, 9.17) is 0 Å². The van der Waals surface area contributed by atoms with Crippen molar-refractivity contribution in [3.05, 3.63) is 87.7 Å². The Morgan fingerprint density at radius 1 is 0.938 bits per heavy atom. The summed E-state index contributed by atoms with van der Waals surface area (Å²) in [7, 11) is -1.80. The van der Waals surface area contributed by atoms with Crippen LogP contribution in [0.15, 0.2) is 70.6 Å². The maximum Gasteiger partial charge on any atom is 0.279 e. The lowest BCUT2D eigenvalue weighted by atomic mass is 10.1. The molecule has 0 saturated heterocycles. The first-order valence-electron chi connectivity index (χ1n) is 10.00. The number of sulfonamides is 1. The average Bonchev–Trinajstić information content (AvgIpc) is 3.07. The van der Waals surface area contributed by atoms with Gasteiger partial charge in [-0.1, -0.05) is 35.1 Å². The minimum atomic E-state index is -3.70. The Labute approximate surface area is 190 Å². The zero-order chi connectivity index (χ0) is 23.0. The van der Waals surface area contributed by atoms with Gasteiger partial charge in [-0.25, -0.2) is 8.42 Å². The molecule has 1 aromatic heterocycles. The average molecular weight is 466 g/mol. The zero-order valence-corrected chi connectivity index (χ0v) is 19.8. The topological polar surface area (TPSA) is 80.5 Å². The molecule has 164 valence electrons. The maximum absolute atomic E-state index is 12.7. The van der Waals surface area contributed by atoms with Gasteiger partial charge in [0.2, 0.25) is 0 Å². The monoisotopic (exact) mass is 465 g/mol. The molecule has 0 aliphatic rings. The number of hydrogen-bond acceptors (Lipinski definition) is 4. The van der Waals surface area contributed by atoms with E-state index in [1.807, 2.05) is 24.6 Å². The second-order valence-electron chi connectivity index (χ2n) is 7.71. The van der Waals surface area contributed by atoms with Crippen LogP contribution in [0.3, 0.4) is 0 Å². The molecular weight excluding hydrogens is 442 g/mol. The highest BCUT2D eigenvalue weighted by molar-refractivity contribution is 7.92. The van der Waals surface area contributed by atoms with E-state index < -0.39 is 10.0 Å². The summed E-state index contributed by atoms with van der Waals surface area (Å²) >= 11 is 1.46. The summed E-state index contributed by atoms with van der Waals surface area (Å²) in [5, 5.41) is 0. The number of nitrogens with one attached hydrogen (secondary N) is 1. The van der Waals surface area contributed by atoms with Crippen LogP contribution in [0, 0.1) is 20.8 Å². The molecule has 8 heteroatoms. The summed E-state index contributed by atoms with van der Waals surface area (Å²) < 4.78 is 30.6. The molecule has 1 N–H and O–H groups in total. The number of thiazole rings is 1. The molecule has 4 rings (SSSR count). The van der Waals surface area contributed by atoms with Crippen molar-refractivity contribution in [2.45, 2.75) is 25.7 Å². The summed E-state index contributed by atoms with van der Waals surface area (Å²) in [6.45, 7) is 6.01. The molecule has 1 heterocycles. The predicted octanol–water partition coefficient (Wildman–Crippen LogP) is 4.71. The van der Waals surface area contributed by atoms with Crippen molar-refractivity contribution in [3.8, 4) is 0 Å². The summed E-state index contributed by atoms with van der Waals surface area (Å²) in [5.74, 6) is -0.380. The third-order valence-electron chi connectivity index (χ3n) is 5.40. The first kappa shape index (κ1) is 22.0. The number of nitrogens with zero attached hydrogens (tertiary/aromatic N) is 2. The fourth-order valence-electron chi connectivity index (χ4n) is 3.40. The van der Waals surface area contributed by atoms with Gasteiger partial charge in [0.1, 0.15) is 0 Å². The van der Waals surface area contributed by atoms with Gasteiger partial charge >= 0.3 is 0 Å². The van der Waals surface area contributed by atoms with Crippen LogP contribution in [0.25, 0.3) is 10.2 Å². The van der Waals surface area contributed by atoms with Crippen molar-refractivity contribution in [3.63, 3.8) is 0 Å². The molecule has 0 unspecified atom stereocenters. The molecule has 1 amide bonds. The third kappa shape index (κ3) is 4.24. The van der Waals surface area contributed by atoms with Crippen LogP contribution in [0.2, 0.25) is 0 Å². The first-order valence-corrected chi connectivity index (χ1v) is 12.3. The first-order chi connectivity index (χ1) is 15.2. The second-order valence-corrected chi connectivity index (χ2v) is 10.4. The number of fused-ring (bicyclic) bond motifs is 1. The number of carbonyl (C=O) groups excluding carboxylic acids is 1. The van der Waals surface area contributed by atoms with Gasteiger partial charge in [0.05, 0.1) is 15.1 Å². The highest BCUT2D eigenvalue weighted by Gasteiger charge is 2.15. The summed E-state index contributed by atoms with van der Waals surface area (Å²) in [6.07, 6.45) is 0. The molecule has 3 aromatic carbocycles. The van der Waals surface area contributed by atoms with Gasteiger partial charge < -0.3 is 4.57 Å². The Kier molecular flexibility index (Phi) is 5.75. The number of aromatic nitrogens is 1. The molecule has 0 aliphatic heterocycles. The van der Waals surface area contributed by atoms with E-state index in [1.165, 1.54) is 22.5 Å². The smallest absolute Gasteiger partial charge is 0.279 e.